The van der Waals surface area contributed by atoms with Crippen LogP contribution < -0.4 is 5.32 Å². The summed E-state index contributed by atoms with van der Waals surface area (Å²) in [5, 5.41) is 12.6. The molecule has 4 nitrogen and oxygen atoms in total. The number of carboxylic acid groups (broad SMARTS) is 1. The minimum absolute atomic E-state index is 0.112. The molecular weight excluding hydrogens is 264 g/mol. The molecular formula is C14H19ClN2O2. The lowest BCUT2D eigenvalue weighted by Gasteiger charge is -2.32. The van der Waals surface area contributed by atoms with Crippen LogP contribution >= 0.6 is 11.6 Å². The lowest BCUT2D eigenvalue weighted by Crippen LogP contribution is -2.30. The van der Waals surface area contributed by atoms with Gasteiger partial charge < -0.3 is 10.4 Å². The third-order valence-electron chi connectivity index (χ3n) is 4.03. The molecule has 2 rings (SSSR count). The van der Waals surface area contributed by atoms with Crippen LogP contribution in [-0.2, 0) is 0 Å². The van der Waals surface area contributed by atoms with Crippen LogP contribution in [0.4, 0.5) is 5.82 Å². The fourth-order valence-corrected chi connectivity index (χ4v) is 2.75. The number of aromatic carboxylic acids is 1. The Hall–Kier alpha value is -1.29. The molecule has 3 unspecified atom stereocenters. The molecule has 1 aliphatic carbocycles. The smallest absolute Gasteiger partial charge is 0.337 e. The van der Waals surface area contributed by atoms with Crippen molar-refractivity contribution in [1.82, 2.24) is 4.98 Å². The van der Waals surface area contributed by atoms with Crippen molar-refractivity contribution in [3.63, 3.8) is 0 Å². The molecule has 1 aliphatic rings. The SMILES string of the molecule is CC1CCC(Nc2ncc(C(=O)O)cc2Cl)CC1C. The average molecular weight is 283 g/mol. The first-order valence-corrected chi connectivity index (χ1v) is 7.00. The highest BCUT2D eigenvalue weighted by atomic mass is 35.5. The van der Waals surface area contributed by atoms with E-state index in [1.165, 1.54) is 18.7 Å². The van der Waals surface area contributed by atoms with Gasteiger partial charge in [0.1, 0.15) is 5.82 Å². The number of halogens is 1. The van der Waals surface area contributed by atoms with E-state index < -0.39 is 5.97 Å². The Bertz CT molecular complexity index is 479. The Morgan fingerprint density at radius 1 is 1.42 bits per heavy atom. The molecule has 0 spiro atoms. The quantitative estimate of drug-likeness (QED) is 0.888. The van der Waals surface area contributed by atoms with Gasteiger partial charge in [0.05, 0.1) is 10.6 Å². The number of pyridine rings is 1. The minimum atomic E-state index is -1.01. The van der Waals surface area contributed by atoms with Gasteiger partial charge in [0, 0.05) is 12.2 Å². The van der Waals surface area contributed by atoms with Crippen molar-refractivity contribution in [2.45, 2.75) is 39.2 Å². The van der Waals surface area contributed by atoms with E-state index in [0.717, 1.165) is 18.8 Å². The highest BCUT2D eigenvalue weighted by Crippen LogP contribution is 2.32. The number of nitrogens with zero attached hydrogens (tertiary/aromatic N) is 1. The van der Waals surface area contributed by atoms with Crippen LogP contribution in [0.25, 0.3) is 0 Å². The zero-order chi connectivity index (χ0) is 14.0. The van der Waals surface area contributed by atoms with Crippen LogP contribution in [0.3, 0.4) is 0 Å². The van der Waals surface area contributed by atoms with Crippen molar-refractivity contribution < 1.29 is 9.90 Å². The van der Waals surface area contributed by atoms with Crippen LogP contribution in [0.5, 0.6) is 0 Å². The van der Waals surface area contributed by atoms with Gasteiger partial charge in [0.2, 0.25) is 0 Å². The normalized spacial score (nSPS) is 27.0. The molecule has 0 saturated heterocycles. The van der Waals surface area contributed by atoms with Crippen LogP contribution in [0.2, 0.25) is 5.02 Å². The number of carboxylic acids is 1. The van der Waals surface area contributed by atoms with Gasteiger partial charge in [-0.2, -0.15) is 0 Å². The number of anilines is 1. The van der Waals surface area contributed by atoms with Crippen LogP contribution in [-0.4, -0.2) is 22.1 Å². The third-order valence-corrected chi connectivity index (χ3v) is 4.32. The van der Waals surface area contributed by atoms with Crippen molar-refractivity contribution in [2.24, 2.45) is 11.8 Å². The number of hydrogen-bond acceptors (Lipinski definition) is 3. The van der Waals surface area contributed by atoms with Gasteiger partial charge in [-0.15, -0.1) is 0 Å². The first kappa shape index (κ1) is 14.1. The van der Waals surface area contributed by atoms with E-state index in [1.54, 1.807) is 0 Å². The topological polar surface area (TPSA) is 62.2 Å². The zero-order valence-corrected chi connectivity index (χ0v) is 11.9. The second-order valence-corrected chi connectivity index (χ2v) is 5.88. The van der Waals surface area contributed by atoms with E-state index in [4.69, 9.17) is 16.7 Å². The van der Waals surface area contributed by atoms with Gasteiger partial charge in [-0.05, 0) is 37.2 Å². The van der Waals surface area contributed by atoms with Crippen LogP contribution in [0, 0.1) is 11.8 Å². The van der Waals surface area contributed by atoms with Gasteiger partial charge in [0.15, 0.2) is 0 Å². The lowest BCUT2D eigenvalue weighted by atomic mass is 9.79. The second kappa shape index (κ2) is 5.78. The van der Waals surface area contributed by atoms with Crippen molar-refractivity contribution in [2.75, 3.05) is 5.32 Å². The third kappa shape index (κ3) is 3.38. The van der Waals surface area contributed by atoms with E-state index in [0.29, 0.717) is 22.8 Å². The summed E-state index contributed by atoms with van der Waals surface area (Å²) < 4.78 is 0. The predicted molar refractivity (Wildman–Crippen MR) is 75.8 cm³/mol. The van der Waals surface area contributed by atoms with Gasteiger partial charge in [-0.3, -0.25) is 0 Å². The molecule has 104 valence electrons. The van der Waals surface area contributed by atoms with E-state index in [-0.39, 0.29) is 5.56 Å². The molecule has 1 aromatic heterocycles. The summed E-state index contributed by atoms with van der Waals surface area (Å²) in [5.74, 6) is 1.01. The summed E-state index contributed by atoms with van der Waals surface area (Å²) >= 11 is 6.07. The maximum absolute atomic E-state index is 10.8. The molecule has 2 N–H and O–H groups in total. The molecule has 0 radical (unpaired) electrons. The number of hydrogen-bond donors (Lipinski definition) is 2. The monoisotopic (exact) mass is 282 g/mol. The number of aromatic nitrogens is 1. The highest BCUT2D eigenvalue weighted by Gasteiger charge is 2.25. The molecule has 19 heavy (non-hydrogen) atoms. The summed E-state index contributed by atoms with van der Waals surface area (Å²) in [6, 6.07) is 1.81. The van der Waals surface area contributed by atoms with E-state index in [9.17, 15) is 4.79 Å². The molecule has 5 heteroatoms. The van der Waals surface area contributed by atoms with Crippen molar-refractivity contribution in [1.29, 1.82) is 0 Å². The fourth-order valence-electron chi connectivity index (χ4n) is 2.53. The van der Waals surface area contributed by atoms with E-state index >= 15 is 0 Å². The van der Waals surface area contributed by atoms with Gasteiger partial charge >= 0.3 is 5.97 Å². The summed E-state index contributed by atoms with van der Waals surface area (Å²) in [4.78, 5) is 14.9. The number of nitrogens with one attached hydrogen (secondary N) is 1. The van der Waals surface area contributed by atoms with Crippen molar-refractivity contribution in [3.05, 3.63) is 22.8 Å². The molecule has 1 fully saturated rings. The molecule has 3 atom stereocenters. The molecule has 0 aromatic carbocycles. The van der Waals surface area contributed by atoms with Gasteiger partial charge in [-0.25, -0.2) is 9.78 Å². The van der Waals surface area contributed by atoms with Gasteiger partial charge in [-0.1, -0.05) is 25.4 Å². The molecule has 0 aliphatic heterocycles. The lowest BCUT2D eigenvalue weighted by molar-refractivity contribution is 0.0696. The maximum Gasteiger partial charge on any atom is 0.337 e. The summed E-state index contributed by atoms with van der Waals surface area (Å²) in [6.07, 6.45) is 4.74. The van der Waals surface area contributed by atoms with E-state index in [1.807, 2.05) is 0 Å². The largest absolute Gasteiger partial charge is 0.478 e. The maximum atomic E-state index is 10.8. The Balaban J connectivity index is 2.05. The Kier molecular flexibility index (Phi) is 4.30. The second-order valence-electron chi connectivity index (χ2n) is 5.47. The Morgan fingerprint density at radius 3 is 2.74 bits per heavy atom. The molecule has 1 heterocycles. The summed E-state index contributed by atoms with van der Waals surface area (Å²) in [5.41, 5.74) is 0.112. The Labute approximate surface area is 118 Å². The first-order valence-electron chi connectivity index (χ1n) is 6.62. The van der Waals surface area contributed by atoms with Crippen molar-refractivity contribution >= 4 is 23.4 Å². The standard InChI is InChI=1S/C14H19ClN2O2/c1-8-3-4-11(5-9(8)2)17-13-12(15)6-10(7-16-13)14(18)19/h6-9,11H,3-5H2,1-2H3,(H,16,17)(H,18,19). The van der Waals surface area contributed by atoms with E-state index in [2.05, 4.69) is 24.1 Å². The summed E-state index contributed by atoms with van der Waals surface area (Å²) in [7, 11) is 0. The van der Waals surface area contributed by atoms with Gasteiger partial charge in [0.25, 0.3) is 0 Å². The average Bonchev–Trinajstić information content (AvgIpc) is 2.36. The van der Waals surface area contributed by atoms with Crippen LogP contribution in [0.15, 0.2) is 12.3 Å². The summed E-state index contributed by atoms with van der Waals surface area (Å²) in [6.45, 7) is 4.55. The number of carbonyl (C=O) groups is 1. The molecule has 0 bridgehead atoms. The zero-order valence-electron chi connectivity index (χ0n) is 11.2. The minimum Gasteiger partial charge on any atom is -0.478 e. The highest BCUT2D eigenvalue weighted by molar-refractivity contribution is 6.33. The predicted octanol–water partition coefficient (Wildman–Crippen LogP) is 3.67. The Morgan fingerprint density at radius 2 is 2.16 bits per heavy atom. The molecule has 1 aromatic rings. The fraction of sp³-hybridized carbons (Fsp3) is 0.571. The van der Waals surface area contributed by atoms with Crippen molar-refractivity contribution in [3.8, 4) is 0 Å². The molecule has 0 amide bonds. The van der Waals surface area contributed by atoms with Crippen LogP contribution in [0.1, 0.15) is 43.5 Å². The first-order chi connectivity index (χ1) is 8.97. The molecule has 1 saturated carbocycles. The number of rotatable bonds is 3.